The molecule has 0 atom stereocenters. The lowest BCUT2D eigenvalue weighted by molar-refractivity contribution is 0.292. The summed E-state index contributed by atoms with van der Waals surface area (Å²) in [5, 5.41) is 0. The van der Waals surface area contributed by atoms with Gasteiger partial charge >= 0.3 is 0 Å². The summed E-state index contributed by atoms with van der Waals surface area (Å²) in [5.41, 5.74) is 7.78. The van der Waals surface area contributed by atoms with Crippen LogP contribution < -0.4 is 5.73 Å². The highest BCUT2D eigenvalue weighted by Crippen LogP contribution is 2.38. The lowest BCUT2D eigenvalue weighted by Crippen LogP contribution is -2.34. The lowest BCUT2D eigenvalue weighted by Gasteiger charge is -2.36. The third-order valence-corrected chi connectivity index (χ3v) is 3.60. The molecular formula is C13H20ClN. The largest absolute Gasteiger partial charge is 0.328 e. The first-order valence-electron chi connectivity index (χ1n) is 5.52. The van der Waals surface area contributed by atoms with Crippen LogP contribution in [0.25, 0.3) is 0 Å². The normalized spacial score (nSPS) is 30.7. The van der Waals surface area contributed by atoms with Gasteiger partial charge in [-0.2, -0.15) is 0 Å². The number of nitrogens with two attached hydrogens (primary N) is 1. The van der Waals surface area contributed by atoms with Gasteiger partial charge in [0.25, 0.3) is 0 Å². The predicted molar refractivity (Wildman–Crippen MR) is 67.5 cm³/mol. The molecule has 1 nitrogen and oxygen atoms in total. The minimum absolute atomic E-state index is 0. The van der Waals surface area contributed by atoms with Crippen molar-refractivity contribution in [1.29, 1.82) is 0 Å². The van der Waals surface area contributed by atoms with Crippen LogP contribution in [0.15, 0.2) is 30.3 Å². The Kier molecular flexibility index (Phi) is 4.18. The van der Waals surface area contributed by atoms with Crippen molar-refractivity contribution >= 4 is 12.4 Å². The third kappa shape index (κ3) is 2.73. The SMILES string of the molecule is CC1(c2ccccc2)CCC(N)CC1.Cl. The maximum Gasteiger partial charge on any atom is 0.00394 e. The first kappa shape index (κ1) is 12.5. The molecule has 0 radical (unpaired) electrons. The van der Waals surface area contributed by atoms with Crippen LogP contribution >= 0.6 is 12.4 Å². The molecule has 2 N–H and O–H groups in total. The minimum Gasteiger partial charge on any atom is -0.328 e. The summed E-state index contributed by atoms with van der Waals surface area (Å²) >= 11 is 0. The molecule has 1 aliphatic carbocycles. The van der Waals surface area contributed by atoms with Crippen molar-refractivity contribution in [3.8, 4) is 0 Å². The maximum atomic E-state index is 5.93. The van der Waals surface area contributed by atoms with E-state index in [9.17, 15) is 0 Å². The molecule has 1 saturated carbocycles. The highest BCUT2D eigenvalue weighted by atomic mass is 35.5. The summed E-state index contributed by atoms with van der Waals surface area (Å²) in [5.74, 6) is 0. The third-order valence-electron chi connectivity index (χ3n) is 3.60. The van der Waals surface area contributed by atoms with Crippen molar-refractivity contribution in [3.63, 3.8) is 0 Å². The smallest absolute Gasteiger partial charge is 0.00394 e. The Balaban J connectivity index is 0.00000112. The second-order valence-corrected chi connectivity index (χ2v) is 4.76. The molecule has 0 spiro atoms. The fourth-order valence-corrected chi connectivity index (χ4v) is 2.41. The number of rotatable bonds is 1. The van der Waals surface area contributed by atoms with Crippen LogP contribution in [-0.2, 0) is 5.41 Å². The van der Waals surface area contributed by atoms with Crippen molar-refractivity contribution in [2.75, 3.05) is 0 Å². The van der Waals surface area contributed by atoms with E-state index in [0.29, 0.717) is 11.5 Å². The molecule has 1 aliphatic rings. The molecule has 0 aliphatic heterocycles. The van der Waals surface area contributed by atoms with Crippen LogP contribution in [0, 0.1) is 0 Å². The van der Waals surface area contributed by atoms with Crippen molar-refractivity contribution in [2.24, 2.45) is 5.73 Å². The van der Waals surface area contributed by atoms with E-state index in [1.165, 1.54) is 31.2 Å². The summed E-state index contributed by atoms with van der Waals surface area (Å²) in [6, 6.07) is 11.3. The highest BCUT2D eigenvalue weighted by Gasteiger charge is 2.30. The Labute approximate surface area is 98.5 Å². The molecule has 2 rings (SSSR count). The van der Waals surface area contributed by atoms with Gasteiger partial charge in [0.15, 0.2) is 0 Å². The zero-order valence-corrected chi connectivity index (χ0v) is 10.1. The summed E-state index contributed by atoms with van der Waals surface area (Å²) in [7, 11) is 0. The number of hydrogen-bond donors (Lipinski definition) is 1. The predicted octanol–water partition coefficient (Wildman–Crippen LogP) is 3.27. The van der Waals surface area contributed by atoms with E-state index in [4.69, 9.17) is 5.73 Å². The van der Waals surface area contributed by atoms with Crippen molar-refractivity contribution in [1.82, 2.24) is 0 Å². The summed E-state index contributed by atoms with van der Waals surface area (Å²) in [4.78, 5) is 0. The first-order chi connectivity index (χ1) is 6.71. The Morgan fingerprint density at radius 2 is 1.67 bits per heavy atom. The van der Waals surface area contributed by atoms with E-state index in [2.05, 4.69) is 37.3 Å². The summed E-state index contributed by atoms with van der Waals surface area (Å²) in [6.07, 6.45) is 4.81. The number of benzene rings is 1. The van der Waals surface area contributed by atoms with E-state index in [-0.39, 0.29) is 12.4 Å². The zero-order valence-electron chi connectivity index (χ0n) is 9.28. The Bertz CT molecular complexity index is 289. The summed E-state index contributed by atoms with van der Waals surface area (Å²) < 4.78 is 0. The average Bonchev–Trinajstić information content (AvgIpc) is 2.24. The fraction of sp³-hybridized carbons (Fsp3) is 0.538. The van der Waals surface area contributed by atoms with Gasteiger partial charge in [-0.15, -0.1) is 12.4 Å². The van der Waals surface area contributed by atoms with Crippen molar-refractivity contribution < 1.29 is 0 Å². The van der Waals surface area contributed by atoms with Gasteiger partial charge in [0.2, 0.25) is 0 Å². The molecule has 0 bridgehead atoms. The Hall–Kier alpha value is -0.530. The molecule has 1 aromatic rings. The van der Waals surface area contributed by atoms with Crippen LogP contribution in [0.2, 0.25) is 0 Å². The van der Waals surface area contributed by atoms with Gasteiger partial charge < -0.3 is 5.73 Å². The number of halogens is 1. The van der Waals surface area contributed by atoms with E-state index >= 15 is 0 Å². The van der Waals surface area contributed by atoms with Gasteiger partial charge in [0.1, 0.15) is 0 Å². The molecule has 1 aromatic carbocycles. The second-order valence-electron chi connectivity index (χ2n) is 4.76. The van der Waals surface area contributed by atoms with Crippen LogP contribution in [0.3, 0.4) is 0 Å². The topological polar surface area (TPSA) is 26.0 Å². The van der Waals surface area contributed by atoms with Gasteiger partial charge in [-0.3, -0.25) is 0 Å². The Morgan fingerprint density at radius 1 is 1.13 bits per heavy atom. The standard InChI is InChI=1S/C13H19N.ClH/c1-13(9-7-12(14)8-10-13)11-5-3-2-4-6-11;/h2-6,12H,7-10,14H2,1H3;1H. The molecule has 0 aromatic heterocycles. The molecular weight excluding hydrogens is 206 g/mol. The van der Waals surface area contributed by atoms with Crippen LogP contribution in [-0.4, -0.2) is 6.04 Å². The van der Waals surface area contributed by atoms with E-state index < -0.39 is 0 Å². The molecule has 0 unspecified atom stereocenters. The minimum atomic E-state index is 0. The van der Waals surface area contributed by atoms with Crippen molar-refractivity contribution in [2.45, 2.75) is 44.1 Å². The average molecular weight is 226 g/mol. The van der Waals surface area contributed by atoms with E-state index in [1.54, 1.807) is 0 Å². The highest BCUT2D eigenvalue weighted by molar-refractivity contribution is 5.85. The molecule has 0 amide bonds. The monoisotopic (exact) mass is 225 g/mol. The van der Waals surface area contributed by atoms with Gasteiger partial charge in [-0.1, -0.05) is 37.3 Å². The second kappa shape index (κ2) is 5.00. The van der Waals surface area contributed by atoms with Crippen LogP contribution in [0.1, 0.15) is 38.2 Å². The molecule has 2 heteroatoms. The first-order valence-corrected chi connectivity index (χ1v) is 5.52. The number of hydrogen-bond acceptors (Lipinski definition) is 1. The zero-order chi connectivity index (χ0) is 10.0. The molecule has 0 heterocycles. The van der Waals surface area contributed by atoms with Gasteiger partial charge in [-0.25, -0.2) is 0 Å². The van der Waals surface area contributed by atoms with Gasteiger partial charge in [0, 0.05) is 6.04 Å². The lowest BCUT2D eigenvalue weighted by atomic mass is 9.70. The fourth-order valence-electron chi connectivity index (χ4n) is 2.41. The van der Waals surface area contributed by atoms with E-state index in [1.807, 2.05) is 0 Å². The van der Waals surface area contributed by atoms with Gasteiger partial charge in [0.05, 0.1) is 0 Å². The Morgan fingerprint density at radius 3 is 2.20 bits per heavy atom. The van der Waals surface area contributed by atoms with Crippen molar-refractivity contribution in [3.05, 3.63) is 35.9 Å². The van der Waals surface area contributed by atoms with Crippen LogP contribution in [0.4, 0.5) is 0 Å². The molecule has 1 fully saturated rings. The quantitative estimate of drug-likeness (QED) is 0.780. The summed E-state index contributed by atoms with van der Waals surface area (Å²) in [6.45, 7) is 2.37. The molecule has 15 heavy (non-hydrogen) atoms. The maximum absolute atomic E-state index is 5.93. The molecule has 0 saturated heterocycles. The van der Waals surface area contributed by atoms with E-state index in [0.717, 1.165) is 0 Å². The van der Waals surface area contributed by atoms with Crippen LogP contribution in [0.5, 0.6) is 0 Å². The molecule has 84 valence electrons. The van der Waals surface area contributed by atoms with Gasteiger partial charge in [-0.05, 0) is 36.7 Å².